The highest BCUT2D eigenvalue weighted by Gasteiger charge is 2.24. The second-order valence-corrected chi connectivity index (χ2v) is 5.62. The summed E-state index contributed by atoms with van der Waals surface area (Å²) in [5.74, 6) is 0.122. The van der Waals surface area contributed by atoms with Crippen molar-refractivity contribution in [3.63, 3.8) is 0 Å². The van der Waals surface area contributed by atoms with Crippen LogP contribution in [-0.4, -0.2) is 23.1 Å². The van der Waals surface area contributed by atoms with Crippen LogP contribution in [0.4, 0.5) is 0 Å². The van der Waals surface area contributed by atoms with Gasteiger partial charge in [0.05, 0.1) is 0 Å². The van der Waals surface area contributed by atoms with Crippen LogP contribution in [0.2, 0.25) is 0 Å². The molecule has 0 saturated carbocycles. The van der Waals surface area contributed by atoms with Gasteiger partial charge in [-0.15, -0.1) is 17.5 Å². The Morgan fingerprint density at radius 2 is 1.89 bits per heavy atom. The van der Waals surface area contributed by atoms with E-state index in [4.69, 9.17) is 0 Å². The van der Waals surface area contributed by atoms with Gasteiger partial charge in [0.1, 0.15) is 10.7 Å². The Morgan fingerprint density at radius 1 is 1.21 bits per heavy atom. The van der Waals surface area contributed by atoms with Gasteiger partial charge in [-0.25, -0.2) is 0 Å². The van der Waals surface area contributed by atoms with Gasteiger partial charge in [-0.1, -0.05) is 18.5 Å². The Hall–Kier alpha value is -0.910. The summed E-state index contributed by atoms with van der Waals surface area (Å²) >= 11 is 4.16. The lowest BCUT2D eigenvalue weighted by Crippen LogP contribution is -2.27. The molecule has 0 aliphatic carbocycles. The highest BCUT2D eigenvalue weighted by atomic mass is 32.1. The second kappa shape index (κ2) is 9.95. The summed E-state index contributed by atoms with van der Waals surface area (Å²) in [5.41, 5.74) is 0. The molecule has 0 aromatic rings. The number of carbonyl (C=O) groups is 2. The molecule has 0 heterocycles. The number of ketones is 1. The third kappa shape index (κ3) is 9.64. The van der Waals surface area contributed by atoms with Gasteiger partial charge in [0.15, 0.2) is 0 Å². The van der Waals surface area contributed by atoms with Crippen LogP contribution in [-0.2, 0) is 9.59 Å². The molecular weight excluding hydrogens is 264 g/mol. The fourth-order valence-corrected chi connectivity index (χ4v) is 1.70. The smallest absolute Gasteiger partial charge is 0.220 e. The number of hydrogen-bond donors (Lipinski definition) is 2. The molecular formula is C13H24N2O3S. The minimum absolute atomic E-state index is 0.0814. The summed E-state index contributed by atoms with van der Waals surface area (Å²) in [6, 6.07) is 0. The summed E-state index contributed by atoms with van der Waals surface area (Å²) in [7, 11) is 0. The first-order valence-corrected chi connectivity index (χ1v) is 7.21. The topological polar surface area (TPSA) is 75.6 Å². The molecule has 1 N–H and O–H groups in total. The van der Waals surface area contributed by atoms with E-state index >= 15 is 0 Å². The van der Waals surface area contributed by atoms with Crippen molar-refractivity contribution < 1.29 is 9.59 Å². The van der Waals surface area contributed by atoms with Crippen LogP contribution in [0.15, 0.2) is 5.18 Å². The molecule has 0 saturated heterocycles. The van der Waals surface area contributed by atoms with Crippen LogP contribution in [0.25, 0.3) is 0 Å². The normalized spacial score (nSPS) is 13.6. The number of thiol groups is 1. The molecule has 1 amide bonds. The van der Waals surface area contributed by atoms with Crippen molar-refractivity contribution in [2.75, 3.05) is 6.54 Å². The molecule has 0 aliphatic heterocycles. The average Bonchev–Trinajstić information content (AvgIpc) is 2.39. The zero-order valence-corrected chi connectivity index (χ0v) is 12.7. The minimum Gasteiger partial charge on any atom is -0.356 e. The Labute approximate surface area is 120 Å². The molecule has 1 atom stereocenters. The van der Waals surface area contributed by atoms with Crippen LogP contribution in [0.3, 0.4) is 0 Å². The molecule has 6 heteroatoms. The predicted octanol–water partition coefficient (Wildman–Crippen LogP) is 2.83. The second-order valence-electron chi connectivity index (χ2n) is 4.79. The largest absolute Gasteiger partial charge is 0.356 e. The maximum Gasteiger partial charge on any atom is 0.220 e. The molecule has 0 fully saturated rings. The van der Waals surface area contributed by atoms with Crippen LogP contribution in [0, 0.1) is 4.91 Å². The van der Waals surface area contributed by atoms with E-state index in [2.05, 4.69) is 23.1 Å². The molecule has 0 rings (SSSR count). The Bertz CT molecular complexity index is 310. The van der Waals surface area contributed by atoms with E-state index in [1.807, 2.05) is 6.92 Å². The summed E-state index contributed by atoms with van der Waals surface area (Å²) in [5, 5.41) is 5.74. The number of Topliss-reactive ketones (excluding diaryl/α,β-unsaturated/α-hetero) is 1. The Kier molecular flexibility index (Phi) is 9.47. The van der Waals surface area contributed by atoms with E-state index in [9.17, 15) is 14.5 Å². The van der Waals surface area contributed by atoms with Crippen LogP contribution < -0.4 is 5.32 Å². The van der Waals surface area contributed by atoms with Gasteiger partial charge in [0.2, 0.25) is 5.91 Å². The fourth-order valence-electron chi connectivity index (χ4n) is 1.59. The van der Waals surface area contributed by atoms with Crippen molar-refractivity contribution in [2.45, 2.75) is 63.7 Å². The minimum atomic E-state index is -0.932. The number of hydrogen-bond acceptors (Lipinski definition) is 5. The summed E-state index contributed by atoms with van der Waals surface area (Å²) in [4.78, 5) is 31.9. The third-order valence-corrected chi connectivity index (χ3v) is 3.64. The van der Waals surface area contributed by atoms with E-state index < -0.39 is 4.87 Å². The van der Waals surface area contributed by atoms with Gasteiger partial charge < -0.3 is 10.1 Å². The molecule has 19 heavy (non-hydrogen) atoms. The maximum atomic E-state index is 11.5. The lowest BCUT2D eigenvalue weighted by atomic mass is 10.1. The molecule has 1 unspecified atom stereocenters. The van der Waals surface area contributed by atoms with Gasteiger partial charge in [-0.05, 0) is 32.6 Å². The predicted molar refractivity (Wildman–Crippen MR) is 79.2 cm³/mol. The fraction of sp³-hybridized carbons (Fsp3) is 0.846. The molecule has 0 aromatic carbocycles. The molecule has 5 nitrogen and oxygen atoms in total. The van der Waals surface area contributed by atoms with Crippen molar-refractivity contribution in [2.24, 2.45) is 5.18 Å². The number of unbranched alkanes of at least 4 members (excludes halogenated alkanes) is 2. The van der Waals surface area contributed by atoms with Crippen molar-refractivity contribution >= 4 is 24.3 Å². The SMILES string of the molecule is CCC(S)(CCC(=O)NCCCCCC(C)=O)N=O. The first-order chi connectivity index (χ1) is 8.93. The van der Waals surface area contributed by atoms with Crippen LogP contribution in [0.5, 0.6) is 0 Å². The van der Waals surface area contributed by atoms with E-state index in [0.717, 1.165) is 19.3 Å². The molecule has 0 bridgehead atoms. The van der Waals surface area contributed by atoms with Crippen molar-refractivity contribution in [3.05, 3.63) is 4.91 Å². The molecule has 110 valence electrons. The van der Waals surface area contributed by atoms with Crippen molar-refractivity contribution in [1.82, 2.24) is 5.32 Å². The third-order valence-electron chi connectivity index (χ3n) is 3.02. The average molecular weight is 288 g/mol. The van der Waals surface area contributed by atoms with Gasteiger partial charge in [-0.2, -0.15) is 0 Å². The van der Waals surface area contributed by atoms with Crippen LogP contribution >= 0.6 is 12.6 Å². The van der Waals surface area contributed by atoms with Crippen molar-refractivity contribution in [1.29, 1.82) is 0 Å². The van der Waals surface area contributed by atoms with E-state index in [1.54, 1.807) is 6.92 Å². The zero-order chi connectivity index (χ0) is 14.7. The lowest BCUT2D eigenvalue weighted by molar-refractivity contribution is -0.121. The van der Waals surface area contributed by atoms with E-state index in [-0.39, 0.29) is 18.1 Å². The number of nitroso groups, excluding NO2 is 1. The molecule has 0 aromatic heterocycles. The first kappa shape index (κ1) is 18.1. The molecule has 0 radical (unpaired) electrons. The quantitative estimate of drug-likeness (QED) is 0.349. The number of rotatable bonds is 11. The highest BCUT2D eigenvalue weighted by Crippen LogP contribution is 2.26. The summed E-state index contributed by atoms with van der Waals surface area (Å²) in [6.45, 7) is 4.01. The number of amides is 1. The standard InChI is InChI=1S/C13H24N2O3S/c1-3-13(19,15-18)9-8-12(17)14-10-6-4-5-7-11(2)16/h19H,3-10H2,1-2H3,(H,14,17). The number of nitrogens with one attached hydrogen (secondary N) is 1. The summed E-state index contributed by atoms with van der Waals surface area (Å²) in [6.07, 6.45) is 4.40. The lowest BCUT2D eigenvalue weighted by Gasteiger charge is -2.17. The molecule has 0 spiro atoms. The Morgan fingerprint density at radius 3 is 2.42 bits per heavy atom. The molecule has 0 aliphatic rings. The van der Waals surface area contributed by atoms with Gasteiger partial charge in [0.25, 0.3) is 0 Å². The first-order valence-electron chi connectivity index (χ1n) is 6.76. The van der Waals surface area contributed by atoms with Gasteiger partial charge in [-0.3, -0.25) is 4.79 Å². The number of nitrogens with zero attached hydrogens (tertiary/aromatic N) is 1. The zero-order valence-electron chi connectivity index (χ0n) is 11.8. The van der Waals surface area contributed by atoms with E-state index in [0.29, 0.717) is 25.8 Å². The van der Waals surface area contributed by atoms with Crippen LogP contribution in [0.1, 0.15) is 58.8 Å². The highest BCUT2D eigenvalue weighted by molar-refractivity contribution is 7.81. The van der Waals surface area contributed by atoms with Gasteiger partial charge >= 0.3 is 0 Å². The maximum absolute atomic E-state index is 11.5. The van der Waals surface area contributed by atoms with E-state index in [1.165, 1.54) is 0 Å². The Balaban J connectivity index is 3.60. The number of carbonyl (C=O) groups excluding carboxylic acids is 2. The van der Waals surface area contributed by atoms with Crippen molar-refractivity contribution in [3.8, 4) is 0 Å². The van der Waals surface area contributed by atoms with Gasteiger partial charge in [0, 0.05) is 19.4 Å². The monoisotopic (exact) mass is 288 g/mol. The summed E-state index contributed by atoms with van der Waals surface area (Å²) < 4.78 is 0.